The average molecular weight is 775 g/mol. The molecule has 0 aliphatic rings. The van der Waals surface area contributed by atoms with Gasteiger partial charge in [0.2, 0.25) is 0 Å². The maximum atomic E-state index is 2.53. The van der Waals surface area contributed by atoms with Crippen molar-refractivity contribution >= 4 is 129 Å². The Bertz CT molecular complexity index is 3290. The highest BCUT2D eigenvalue weighted by Crippen LogP contribution is 2.53. The van der Waals surface area contributed by atoms with E-state index in [1.54, 1.807) is 0 Å². The van der Waals surface area contributed by atoms with E-state index in [2.05, 4.69) is 216 Å². The molecule has 0 bridgehead atoms. The molecule has 0 amide bonds. The van der Waals surface area contributed by atoms with Crippen LogP contribution < -0.4 is 9.80 Å². The van der Waals surface area contributed by atoms with Crippen molar-refractivity contribution in [2.45, 2.75) is 0 Å². The SMILES string of the molecule is c1ccc(N(c2c3ccccc3cc3c(N(c4ccccc4)c4cccc5c4sc4ccccc45)c4ccccc4cc23)c2cccc3c2sc2ccccc23)cc1. The summed E-state index contributed by atoms with van der Waals surface area (Å²) in [7, 11) is 0. The first kappa shape index (κ1) is 33.2. The molecular formula is C54H34N2S2. The maximum absolute atomic E-state index is 2.53. The number of benzene rings is 10. The van der Waals surface area contributed by atoms with Crippen LogP contribution in [0.1, 0.15) is 0 Å². The van der Waals surface area contributed by atoms with Gasteiger partial charge in [-0.1, -0.05) is 146 Å². The minimum absolute atomic E-state index is 1.12. The standard InChI is InChI=1S/C54H34N2S2/c1-3-19-37(20-4-1)55(47-29-15-27-43-41-25-11-13-31-49(41)57-53(43)47)51-39-23-9-7-17-35(39)34-46-45(51)33-36-18-8-10-24-40(36)52(46)56(38-21-5-2-6-22-38)48-30-16-28-44-42-26-12-14-32-50(42)58-54(44)48/h1-34H. The minimum Gasteiger partial charge on any atom is -0.308 e. The third-order valence-electron chi connectivity index (χ3n) is 11.6. The van der Waals surface area contributed by atoms with Gasteiger partial charge >= 0.3 is 0 Å². The van der Waals surface area contributed by atoms with E-state index in [-0.39, 0.29) is 0 Å². The second-order valence-electron chi connectivity index (χ2n) is 14.8. The van der Waals surface area contributed by atoms with Gasteiger partial charge < -0.3 is 9.80 Å². The van der Waals surface area contributed by atoms with Gasteiger partial charge in [0.1, 0.15) is 0 Å². The predicted octanol–water partition coefficient (Wildman–Crippen LogP) is 16.8. The lowest BCUT2D eigenvalue weighted by Gasteiger charge is -2.32. The Morgan fingerprint density at radius 1 is 0.276 bits per heavy atom. The van der Waals surface area contributed by atoms with Gasteiger partial charge in [-0.15, -0.1) is 22.7 Å². The molecule has 0 radical (unpaired) electrons. The molecule has 0 aliphatic carbocycles. The molecule has 0 N–H and O–H groups in total. The van der Waals surface area contributed by atoms with Crippen molar-refractivity contribution < 1.29 is 0 Å². The fourth-order valence-electron chi connectivity index (χ4n) is 9.06. The third-order valence-corrected chi connectivity index (χ3v) is 14.0. The lowest BCUT2D eigenvalue weighted by Crippen LogP contribution is -2.13. The molecule has 12 rings (SSSR count). The lowest BCUT2D eigenvalue weighted by molar-refractivity contribution is 1.32. The zero-order chi connectivity index (χ0) is 38.2. The lowest BCUT2D eigenvalue weighted by atomic mass is 9.93. The number of para-hydroxylation sites is 2. The van der Waals surface area contributed by atoms with Crippen LogP contribution in [-0.4, -0.2) is 0 Å². The van der Waals surface area contributed by atoms with Crippen molar-refractivity contribution in [3.8, 4) is 0 Å². The molecule has 0 unspecified atom stereocenters. The van der Waals surface area contributed by atoms with E-state index >= 15 is 0 Å². The molecule has 58 heavy (non-hydrogen) atoms. The largest absolute Gasteiger partial charge is 0.308 e. The normalized spacial score (nSPS) is 11.8. The van der Waals surface area contributed by atoms with E-state index in [1.165, 1.54) is 95.4 Å². The summed E-state index contributed by atoms with van der Waals surface area (Å²) in [5.41, 5.74) is 6.93. The summed E-state index contributed by atoms with van der Waals surface area (Å²) in [5, 5.41) is 12.3. The van der Waals surface area contributed by atoms with Gasteiger partial charge in [-0.2, -0.15) is 0 Å². The maximum Gasteiger partial charge on any atom is 0.0640 e. The molecule has 12 aromatic rings. The Hall–Kier alpha value is -6.98. The number of thiophene rings is 2. The number of hydrogen-bond acceptors (Lipinski definition) is 4. The summed E-state index contributed by atoms with van der Waals surface area (Å²) in [4.78, 5) is 5.06. The van der Waals surface area contributed by atoms with Crippen LogP contribution in [-0.2, 0) is 0 Å². The highest BCUT2D eigenvalue weighted by Gasteiger charge is 2.27. The summed E-state index contributed by atoms with van der Waals surface area (Å²) >= 11 is 3.75. The molecule has 2 heterocycles. The second-order valence-corrected chi connectivity index (χ2v) is 16.9. The van der Waals surface area contributed by atoms with Gasteiger partial charge in [-0.05, 0) is 71.4 Å². The molecular weight excluding hydrogens is 741 g/mol. The third kappa shape index (κ3) is 5.09. The monoisotopic (exact) mass is 774 g/mol. The first-order chi connectivity index (χ1) is 28.8. The van der Waals surface area contributed by atoms with Crippen molar-refractivity contribution in [1.29, 1.82) is 0 Å². The molecule has 10 aromatic carbocycles. The molecule has 0 fully saturated rings. The molecule has 0 spiro atoms. The van der Waals surface area contributed by atoms with E-state index in [1.807, 2.05) is 22.7 Å². The van der Waals surface area contributed by atoms with E-state index in [9.17, 15) is 0 Å². The highest BCUT2D eigenvalue weighted by molar-refractivity contribution is 7.26. The van der Waals surface area contributed by atoms with Crippen molar-refractivity contribution in [2.24, 2.45) is 0 Å². The van der Waals surface area contributed by atoms with Crippen LogP contribution in [0.15, 0.2) is 206 Å². The van der Waals surface area contributed by atoms with Crippen molar-refractivity contribution in [2.75, 3.05) is 9.80 Å². The van der Waals surface area contributed by atoms with Crippen molar-refractivity contribution in [3.63, 3.8) is 0 Å². The number of anilines is 6. The van der Waals surface area contributed by atoms with Crippen LogP contribution in [0.4, 0.5) is 34.1 Å². The van der Waals surface area contributed by atoms with Crippen LogP contribution in [0, 0.1) is 0 Å². The number of hydrogen-bond donors (Lipinski definition) is 0. The molecule has 2 aromatic heterocycles. The summed E-state index contributed by atoms with van der Waals surface area (Å²) in [6, 6.07) is 75.8. The molecule has 2 nitrogen and oxygen atoms in total. The molecule has 0 atom stereocenters. The van der Waals surface area contributed by atoms with Crippen LogP contribution in [0.5, 0.6) is 0 Å². The van der Waals surface area contributed by atoms with Gasteiger partial charge in [-0.25, -0.2) is 0 Å². The fourth-order valence-corrected chi connectivity index (χ4v) is 11.5. The van der Waals surface area contributed by atoms with E-state index < -0.39 is 0 Å². The van der Waals surface area contributed by atoms with Gasteiger partial charge in [0.15, 0.2) is 0 Å². The molecule has 0 saturated carbocycles. The van der Waals surface area contributed by atoms with Crippen LogP contribution in [0.2, 0.25) is 0 Å². The van der Waals surface area contributed by atoms with E-state index in [4.69, 9.17) is 0 Å². The van der Waals surface area contributed by atoms with Crippen LogP contribution >= 0.6 is 22.7 Å². The van der Waals surface area contributed by atoms with Gasteiger partial charge in [0, 0.05) is 63.9 Å². The zero-order valence-corrected chi connectivity index (χ0v) is 33.0. The molecule has 0 saturated heterocycles. The van der Waals surface area contributed by atoms with E-state index in [0.717, 1.165) is 11.4 Å². The van der Waals surface area contributed by atoms with Crippen molar-refractivity contribution in [1.82, 2.24) is 0 Å². The topological polar surface area (TPSA) is 6.48 Å². The summed E-state index contributed by atoms with van der Waals surface area (Å²) in [5.74, 6) is 0. The first-order valence-electron chi connectivity index (χ1n) is 19.7. The molecule has 272 valence electrons. The van der Waals surface area contributed by atoms with E-state index in [0.29, 0.717) is 0 Å². The zero-order valence-electron chi connectivity index (χ0n) is 31.3. The second kappa shape index (κ2) is 13.3. The summed E-state index contributed by atoms with van der Waals surface area (Å²) in [6.45, 7) is 0. The summed E-state index contributed by atoms with van der Waals surface area (Å²) < 4.78 is 5.14. The van der Waals surface area contributed by atoms with Gasteiger partial charge in [0.05, 0.1) is 32.1 Å². The number of fused-ring (bicyclic) bond motifs is 9. The van der Waals surface area contributed by atoms with Crippen LogP contribution in [0.25, 0.3) is 72.7 Å². The molecule has 0 aliphatic heterocycles. The van der Waals surface area contributed by atoms with Gasteiger partial charge in [-0.3, -0.25) is 0 Å². The quantitative estimate of drug-likeness (QED) is 0.155. The Kier molecular flexibility index (Phi) is 7.62. The highest BCUT2D eigenvalue weighted by atomic mass is 32.1. The smallest absolute Gasteiger partial charge is 0.0640 e. The van der Waals surface area contributed by atoms with Crippen LogP contribution in [0.3, 0.4) is 0 Å². The Morgan fingerprint density at radius 2 is 0.638 bits per heavy atom. The predicted molar refractivity (Wildman–Crippen MR) is 254 cm³/mol. The number of nitrogens with zero attached hydrogens (tertiary/aromatic N) is 2. The summed E-state index contributed by atoms with van der Waals surface area (Å²) in [6.07, 6.45) is 0. The molecule has 4 heteroatoms. The average Bonchev–Trinajstić information content (AvgIpc) is 3.87. The van der Waals surface area contributed by atoms with Crippen molar-refractivity contribution in [3.05, 3.63) is 206 Å². The minimum atomic E-state index is 1.12. The Morgan fingerprint density at radius 3 is 1.09 bits per heavy atom. The Labute approximate surface area is 343 Å². The Balaban J connectivity index is 1.25. The number of rotatable bonds is 6. The first-order valence-corrected chi connectivity index (χ1v) is 21.3. The van der Waals surface area contributed by atoms with Gasteiger partial charge in [0.25, 0.3) is 0 Å². The fraction of sp³-hybridized carbons (Fsp3) is 0.